The van der Waals surface area contributed by atoms with Gasteiger partial charge in [-0.2, -0.15) is 4.98 Å². The monoisotopic (exact) mass is 407 g/mol. The number of likely N-dealkylation sites (tertiary alicyclic amines) is 1. The van der Waals surface area contributed by atoms with Crippen LogP contribution in [0.15, 0.2) is 59.1 Å². The average Bonchev–Trinajstić information content (AvgIpc) is 3.28. The second kappa shape index (κ2) is 9.54. The van der Waals surface area contributed by atoms with E-state index in [1.807, 2.05) is 47.4 Å². The molecule has 156 valence electrons. The first-order valence-corrected chi connectivity index (χ1v) is 10.1. The summed E-state index contributed by atoms with van der Waals surface area (Å²) in [6.45, 7) is 1.35. The van der Waals surface area contributed by atoms with E-state index < -0.39 is 0 Å². The molecule has 1 aliphatic rings. The SMILES string of the molecule is COc1ccccc1C(=O)N1CCCCC1c1noc(COCc2ccccc2)n1. The zero-order valence-electron chi connectivity index (χ0n) is 17.0. The number of amides is 1. The molecular weight excluding hydrogens is 382 g/mol. The van der Waals surface area contributed by atoms with Crippen LogP contribution in [-0.4, -0.2) is 34.6 Å². The summed E-state index contributed by atoms with van der Waals surface area (Å²) in [6.07, 6.45) is 2.75. The molecule has 30 heavy (non-hydrogen) atoms. The second-order valence-electron chi connectivity index (χ2n) is 7.24. The molecule has 2 aromatic carbocycles. The molecule has 0 saturated carbocycles. The number of para-hydroxylation sites is 1. The van der Waals surface area contributed by atoms with Crippen molar-refractivity contribution in [3.05, 3.63) is 77.4 Å². The number of piperidine rings is 1. The lowest BCUT2D eigenvalue weighted by Crippen LogP contribution is -2.39. The molecule has 0 aliphatic carbocycles. The van der Waals surface area contributed by atoms with Gasteiger partial charge < -0.3 is 18.9 Å². The van der Waals surface area contributed by atoms with Gasteiger partial charge in [-0.3, -0.25) is 4.79 Å². The van der Waals surface area contributed by atoms with Gasteiger partial charge >= 0.3 is 0 Å². The molecular formula is C23H25N3O4. The van der Waals surface area contributed by atoms with Crippen molar-refractivity contribution in [2.24, 2.45) is 0 Å². The minimum atomic E-state index is -0.220. The van der Waals surface area contributed by atoms with Crippen LogP contribution in [0.5, 0.6) is 5.75 Å². The van der Waals surface area contributed by atoms with Crippen molar-refractivity contribution in [1.29, 1.82) is 0 Å². The molecule has 7 heteroatoms. The van der Waals surface area contributed by atoms with E-state index in [2.05, 4.69) is 10.1 Å². The molecule has 0 N–H and O–H groups in total. The van der Waals surface area contributed by atoms with Gasteiger partial charge in [0.25, 0.3) is 11.8 Å². The summed E-state index contributed by atoms with van der Waals surface area (Å²) in [4.78, 5) is 19.6. The minimum absolute atomic E-state index is 0.0798. The number of hydrogen-bond acceptors (Lipinski definition) is 6. The van der Waals surface area contributed by atoms with Crippen molar-refractivity contribution in [3.63, 3.8) is 0 Å². The predicted octanol–water partition coefficient (Wildman–Crippen LogP) is 4.16. The van der Waals surface area contributed by atoms with Crippen molar-refractivity contribution >= 4 is 5.91 Å². The van der Waals surface area contributed by atoms with E-state index in [9.17, 15) is 4.79 Å². The molecule has 1 aromatic heterocycles. The van der Waals surface area contributed by atoms with E-state index in [1.165, 1.54) is 0 Å². The first-order valence-electron chi connectivity index (χ1n) is 10.1. The summed E-state index contributed by atoms with van der Waals surface area (Å²) in [5.41, 5.74) is 1.62. The van der Waals surface area contributed by atoms with Crippen LogP contribution in [0.1, 0.15) is 52.9 Å². The number of hydrogen-bond donors (Lipinski definition) is 0. The van der Waals surface area contributed by atoms with Crippen LogP contribution < -0.4 is 4.74 Å². The molecule has 1 atom stereocenters. The van der Waals surface area contributed by atoms with Gasteiger partial charge in [-0.25, -0.2) is 0 Å². The Morgan fingerprint density at radius 3 is 2.73 bits per heavy atom. The Hall–Kier alpha value is -3.19. The van der Waals surface area contributed by atoms with Crippen LogP contribution in [0, 0.1) is 0 Å². The highest BCUT2D eigenvalue weighted by molar-refractivity contribution is 5.97. The normalized spacial score (nSPS) is 16.4. The van der Waals surface area contributed by atoms with Crippen LogP contribution >= 0.6 is 0 Å². The molecule has 0 bridgehead atoms. The molecule has 2 heterocycles. The third-order valence-corrected chi connectivity index (χ3v) is 5.22. The Kier molecular flexibility index (Phi) is 6.39. The van der Waals surface area contributed by atoms with Crippen LogP contribution in [0.2, 0.25) is 0 Å². The third-order valence-electron chi connectivity index (χ3n) is 5.22. The molecule has 7 nitrogen and oxygen atoms in total. The number of methoxy groups -OCH3 is 1. The van der Waals surface area contributed by atoms with Gasteiger partial charge in [-0.15, -0.1) is 0 Å². The Morgan fingerprint density at radius 1 is 1.10 bits per heavy atom. The number of nitrogens with zero attached hydrogens (tertiary/aromatic N) is 3. The number of aromatic nitrogens is 2. The summed E-state index contributed by atoms with van der Waals surface area (Å²) >= 11 is 0. The quantitative estimate of drug-likeness (QED) is 0.585. The van der Waals surface area contributed by atoms with Crippen molar-refractivity contribution in [2.75, 3.05) is 13.7 Å². The van der Waals surface area contributed by atoms with E-state index in [0.29, 0.717) is 36.2 Å². The Bertz CT molecular complexity index is 973. The highest BCUT2D eigenvalue weighted by atomic mass is 16.5. The maximum atomic E-state index is 13.2. The fraction of sp³-hybridized carbons (Fsp3) is 0.348. The van der Waals surface area contributed by atoms with Gasteiger partial charge in [0.15, 0.2) is 5.82 Å². The Balaban J connectivity index is 1.45. The van der Waals surface area contributed by atoms with E-state index in [-0.39, 0.29) is 18.6 Å². The predicted molar refractivity (Wildman–Crippen MR) is 110 cm³/mol. The lowest BCUT2D eigenvalue weighted by atomic mass is 10.00. The van der Waals surface area contributed by atoms with Gasteiger partial charge in [0.2, 0.25) is 0 Å². The second-order valence-corrected chi connectivity index (χ2v) is 7.24. The molecule has 0 spiro atoms. The molecule has 0 radical (unpaired) electrons. The number of carbonyl (C=O) groups excluding carboxylic acids is 1. The van der Waals surface area contributed by atoms with Gasteiger partial charge in [0, 0.05) is 6.54 Å². The summed E-state index contributed by atoms with van der Waals surface area (Å²) in [5.74, 6) is 1.42. The maximum absolute atomic E-state index is 13.2. The van der Waals surface area contributed by atoms with Gasteiger partial charge in [0.1, 0.15) is 12.4 Å². The maximum Gasteiger partial charge on any atom is 0.258 e. The van der Waals surface area contributed by atoms with E-state index in [0.717, 1.165) is 24.8 Å². The lowest BCUT2D eigenvalue weighted by molar-refractivity contribution is 0.0593. The number of carbonyl (C=O) groups is 1. The standard InChI is InChI=1S/C23H25N3O4/c1-28-20-13-6-5-11-18(20)23(27)26-14-8-7-12-19(26)22-24-21(30-25-22)16-29-15-17-9-3-2-4-10-17/h2-6,9-11,13,19H,7-8,12,14-16H2,1H3. The zero-order chi connectivity index (χ0) is 20.8. The highest BCUT2D eigenvalue weighted by Gasteiger charge is 2.33. The molecule has 4 rings (SSSR count). The van der Waals surface area contributed by atoms with Gasteiger partial charge in [-0.1, -0.05) is 47.6 Å². The summed E-state index contributed by atoms with van der Waals surface area (Å²) in [6, 6.07) is 17.0. The van der Waals surface area contributed by atoms with Gasteiger partial charge in [-0.05, 0) is 37.0 Å². The number of rotatable bonds is 7. The smallest absolute Gasteiger partial charge is 0.258 e. The van der Waals surface area contributed by atoms with Crippen LogP contribution in [0.3, 0.4) is 0 Å². The molecule has 1 saturated heterocycles. The first-order chi connectivity index (χ1) is 14.8. The number of ether oxygens (including phenoxy) is 2. The fourth-order valence-electron chi connectivity index (χ4n) is 3.71. The third kappa shape index (κ3) is 4.52. The van der Waals surface area contributed by atoms with Crippen LogP contribution in [-0.2, 0) is 18.0 Å². The van der Waals surface area contributed by atoms with Crippen LogP contribution in [0.25, 0.3) is 0 Å². The van der Waals surface area contributed by atoms with Crippen molar-refractivity contribution < 1.29 is 18.8 Å². The number of benzene rings is 2. The van der Waals surface area contributed by atoms with E-state index >= 15 is 0 Å². The largest absolute Gasteiger partial charge is 0.496 e. The van der Waals surface area contributed by atoms with Crippen LogP contribution in [0.4, 0.5) is 0 Å². The summed E-state index contributed by atoms with van der Waals surface area (Å²) in [7, 11) is 1.57. The molecule has 1 aliphatic heterocycles. The molecule has 1 fully saturated rings. The topological polar surface area (TPSA) is 77.7 Å². The first kappa shape index (κ1) is 20.1. The molecule has 1 unspecified atom stereocenters. The Morgan fingerprint density at radius 2 is 1.90 bits per heavy atom. The van der Waals surface area contributed by atoms with Crippen molar-refractivity contribution in [2.45, 2.75) is 38.5 Å². The minimum Gasteiger partial charge on any atom is -0.496 e. The molecule has 1 amide bonds. The lowest BCUT2D eigenvalue weighted by Gasteiger charge is -2.34. The Labute approximate surface area is 175 Å². The average molecular weight is 407 g/mol. The van der Waals surface area contributed by atoms with E-state index in [4.69, 9.17) is 14.0 Å². The molecule has 3 aromatic rings. The van der Waals surface area contributed by atoms with Gasteiger partial charge in [0.05, 0.1) is 25.3 Å². The van der Waals surface area contributed by atoms with Crippen molar-refractivity contribution in [1.82, 2.24) is 15.0 Å². The zero-order valence-corrected chi connectivity index (χ0v) is 17.0. The highest BCUT2D eigenvalue weighted by Crippen LogP contribution is 2.32. The summed E-state index contributed by atoms with van der Waals surface area (Å²) < 4.78 is 16.4. The fourth-order valence-corrected chi connectivity index (χ4v) is 3.71. The summed E-state index contributed by atoms with van der Waals surface area (Å²) in [5, 5.41) is 4.14. The van der Waals surface area contributed by atoms with Crippen molar-refractivity contribution in [3.8, 4) is 5.75 Å². The van der Waals surface area contributed by atoms with E-state index in [1.54, 1.807) is 19.2 Å².